The van der Waals surface area contributed by atoms with Crippen LogP contribution >= 0.6 is 22.9 Å². The maximum absolute atomic E-state index is 13.2. The number of halogens is 1. The van der Waals surface area contributed by atoms with Crippen molar-refractivity contribution in [2.24, 2.45) is 7.05 Å². The van der Waals surface area contributed by atoms with Crippen molar-refractivity contribution in [2.45, 2.75) is 19.9 Å². The van der Waals surface area contributed by atoms with Gasteiger partial charge in [-0.25, -0.2) is 4.68 Å². The van der Waals surface area contributed by atoms with Gasteiger partial charge in [0.05, 0.1) is 17.0 Å². The first-order chi connectivity index (χ1) is 15.6. The van der Waals surface area contributed by atoms with Crippen molar-refractivity contribution in [3.8, 4) is 22.9 Å². The van der Waals surface area contributed by atoms with Gasteiger partial charge in [-0.05, 0) is 42.1 Å². The largest absolute Gasteiger partial charge is 0.439 e. The van der Waals surface area contributed by atoms with Gasteiger partial charge in [0.1, 0.15) is 11.4 Å². The Morgan fingerprint density at radius 3 is 2.50 bits per heavy atom. The fraction of sp³-hybridized carbons (Fsp3) is 0.200. The number of aromatic nitrogens is 2. The van der Waals surface area contributed by atoms with Crippen LogP contribution in [0.5, 0.6) is 11.6 Å². The molecule has 0 spiro atoms. The summed E-state index contributed by atoms with van der Waals surface area (Å²) < 4.78 is 7.98. The molecule has 164 valence electrons. The molecule has 4 rings (SSSR count). The lowest BCUT2D eigenvalue weighted by atomic mass is 10.1. The molecule has 0 fully saturated rings. The van der Waals surface area contributed by atoms with E-state index in [9.17, 15) is 4.79 Å². The van der Waals surface area contributed by atoms with Crippen molar-refractivity contribution in [2.75, 3.05) is 6.54 Å². The monoisotopic (exact) mass is 465 g/mol. The Morgan fingerprint density at radius 1 is 1.09 bits per heavy atom. The Bertz CT molecular complexity index is 1170. The molecule has 32 heavy (non-hydrogen) atoms. The SMILES string of the molecule is CCCN(Cc1c(-c2ccccc2)nn(C)c1Oc1ccc(Cl)cc1)C(=O)c1cccs1. The summed E-state index contributed by atoms with van der Waals surface area (Å²) in [6.07, 6.45) is 0.853. The minimum atomic E-state index is 0.0159. The van der Waals surface area contributed by atoms with Crippen molar-refractivity contribution < 1.29 is 9.53 Å². The first kappa shape index (κ1) is 22.1. The minimum Gasteiger partial charge on any atom is -0.439 e. The van der Waals surface area contributed by atoms with Crippen LogP contribution in [0.1, 0.15) is 28.6 Å². The molecule has 0 radical (unpaired) electrons. The van der Waals surface area contributed by atoms with E-state index >= 15 is 0 Å². The molecule has 7 heteroatoms. The van der Waals surface area contributed by atoms with Crippen LogP contribution in [0, 0.1) is 0 Å². The zero-order chi connectivity index (χ0) is 22.5. The van der Waals surface area contributed by atoms with Crippen LogP contribution in [0.3, 0.4) is 0 Å². The predicted molar refractivity (Wildman–Crippen MR) is 130 cm³/mol. The van der Waals surface area contributed by atoms with Gasteiger partial charge < -0.3 is 9.64 Å². The molecule has 0 atom stereocenters. The van der Waals surface area contributed by atoms with E-state index in [0.29, 0.717) is 29.7 Å². The van der Waals surface area contributed by atoms with Crippen molar-refractivity contribution in [1.82, 2.24) is 14.7 Å². The lowest BCUT2D eigenvalue weighted by Crippen LogP contribution is -2.31. The van der Waals surface area contributed by atoms with Crippen molar-refractivity contribution in [1.29, 1.82) is 0 Å². The van der Waals surface area contributed by atoms with E-state index in [0.717, 1.165) is 28.1 Å². The van der Waals surface area contributed by atoms with Gasteiger partial charge in [-0.1, -0.05) is 54.9 Å². The highest BCUT2D eigenvalue weighted by atomic mass is 35.5. The highest BCUT2D eigenvalue weighted by molar-refractivity contribution is 7.12. The average Bonchev–Trinajstić information content (AvgIpc) is 3.45. The van der Waals surface area contributed by atoms with Crippen LogP contribution in [0.25, 0.3) is 11.3 Å². The third kappa shape index (κ3) is 4.87. The first-order valence-corrected chi connectivity index (χ1v) is 11.7. The summed E-state index contributed by atoms with van der Waals surface area (Å²) in [7, 11) is 1.85. The van der Waals surface area contributed by atoms with Gasteiger partial charge in [0.15, 0.2) is 0 Å². The maximum atomic E-state index is 13.2. The Morgan fingerprint density at radius 2 is 1.84 bits per heavy atom. The van der Waals surface area contributed by atoms with E-state index in [1.807, 2.05) is 71.9 Å². The fourth-order valence-corrected chi connectivity index (χ4v) is 4.35. The molecule has 0 saturated heterocycles. The van der Waals surface area contributed by atoms with E-state index in [1.165, 1.54) is 11.3 Å². The van der Waals surface area contributed by atoms with Crippen LogP contribution in [-0.4, -0.2) is 27.1 Å². The summed E-state index contributed by atoms with van der Waals surface area (Å²) in [6.45, 7) is 3.10. The molecular formula is C25H24ClN3O2S. The van der Waals surface area contributed by atoms with E-state index < -0.39 is 0 Å². The summed E-state index contributed by atoms with van der Waals surface area (Å²) in [5.41, 5.74) is 2.65. The van der Waals surface area contributed by atoms with Crippen LogP contribution in [0.2, 0.25) is 5.02 Å². The van der Waals surface area contributed by atoms with Gasteiger partial charge in [-0.15, -0.1) is 11.3 Å². The number of nitrogens with zero attached hydrogens (tertiary/aromatic N) is 3. The Balaban J connectivity index is 1.76. The molecule has 5 nitrogen and oxygen atoms in total. The molecular weight excluding hydrogens is 442 g/mol. The van der Waals surface area contributed by atoms with E-state index in [2.05, 4.69) is 6.92 Å². The Labute approximate surface area is 196 Å². The molecule has 0 N–H and O–H groups in total. The molecule has 2 aromatic heterocycles. The molecule has 1 amide bonds. The maximum Gasteiger partial charge on any atom is 0.264 e. The number of ether oxygens (including phenoxy) is 1. The number of thiophene rings is 1. The number of benzene rings is 2. The van der Waals surface area contributed by atoms with Gasteiger partial charge in [0, 0.05) is 24.2 Å². The highest BCUT2D eigenvalue weighted by Gasteiger charge is 2.25. The van der Waals surface area contributed by atoms with Crippen molar-refractivity contribution in [3.63, 3.8) is 0 Å². The zero-order valence-electron chi connectivity index (χ0n) is 18.0. The van der Waals surface area contributed by atoms with Gasteiger partial charge in [0.25, 0.3) is 5.91 Å². The number of hydrogen-bond acceptors (Lipinski definition) is 4. The fourth-order valence-electron chi connectivity index (χ4n) is 3.53. The van der Waals surface area contributed by atoms with Crippen molar-refractivity contribution in [3.05, 3.63) is 87.6 Å². The van der Waals surface area contributed by atoms with Crippen LogP contribution in [-0.2, 0) is 13.6 Å². The molecule has 2 heterocycles. The van der Waals surface area contributed by atoms with Gasteiger partial charge >= 0.3 is 0 Å². The third-order valence-electron chi connectivity index (χ3n) is 5.02. The molecule has 0 aliphatic rings. The van der Waals surface area contributed by atoms with E-state index in [4.69, 9.17) is 21.4 Å². The summed E-state index contributed by atoms with van der Waals surface area (Å²) >= 11 is 7.49. The lowest BCUT2D eigenvalue weighted by Gasteiger charge is -2.22. The Kier molecular flexibility index (Phi) is 6.93. The number of carbonyl (C=O) groups excluding carboxylic acids is 1. The molecule has 0 unspecified atom stereocenters. The lowest BCUT2D eigenvalue weighted by molar-refractivity contribution is 0.0747. The molecule has 0 saturated carbocycles. The summed E-state index contributed by atoms with van der Waals surface area (Å²) in [5.74, 6) is 1.28. The normalized spacial score (nSPS) is 10.8. The smallest absolute Gasteiger partial charge is 0.264 e. The molecule has 0 bridgehead atoms. The number of rotatable bonds is 8. The molecule has 4 aromatic rings. The van der Waals surface area contributed by atoms with Crippen LogP contribution < -0.4 is 4.74 Å². The number of amides is 1. The number of aryl methyl sites for hydroxylation is 1. The number of hydrogen-bond donors (Lipinski definition) is 0. The predicted octanol–water partition coefficient (Wildman–Crippen LogP) is 6.65. The molecule has 0 aliphatic heterocycles. The molecule has 0 aliphatic carbocycles. The molecule has 2 aromatic carbocycles. The van der Waals surface area contributed by atoms with Gasteiger partial charge in [-0.3, -0.25) is 4.79 Å². The van der Waals surface area contributed by atoms with E-state index in [1.54, 1.807) is 16.8 Å². The standard InChI is InChI=1S/C25H24ClN3O2S/c1-3-15-29(24(30)22-10-7-16-32-22)17-21-23(18-8-5-4-6-9-18)27-28(2)25(21)31-20-13-11-19(26)12-14-20/h4-14,16H,3,15,17H2,1-2H3. The van der Waals surface area contributed by atoms with E-state index in [-0.39, 0.29) is 5.91 Å². The second-order valence-corrected chi connectivity index (χ2v) is 8.77. The highest BCUT2D eigenvalue weighted by Crippen LogP contribution is 2.35. The second-order valence-electron chi connectivity index (χ2n) is 7.38. The zero-order valence-corrected chi connectivity index (χ0v) is 19.6. The van der Waals surface area contributed by atoms with Gasteiger partial charge in [-0.2, -0.15) is 5.10 Å². The first-order valence-electron chi connectivity index (χ1n) is 10.4. The average molecular weight is 466 g/mol. The Hall–Kier alpha value is -3.09. The minimum absolute atomic E-state index is 0.0159. The topological polar surface area (TPSA) is 47.4 Å². The van der Waals surface area contributed by atoms with Crippen LogP contribution in [0.4, 0.5) is 0 Å². The number of carbonyl (C=O) groups is 1. The quantitative estimate of drug-likeness (QED) is 0.293. The van der Waals surface area contributed by atoms with Crippen molar-refractivity contribution >= 4 is 28.8 Å². The summed E-state index contributed by atoms with van der Waals surface area (Å²) in [6, 6.07) is 20.9. The third-order valence-corrected chi connectivity index (χ3v) is 6.13. The van der Waals surface area contributed by atoms with Crippen LogP contribution in [0.15, 0.2) is 72.1 Å². The van der Waals surface area contributed by atoms with Gasteiger partial charge in [0.2, 0.25) is 5.88 Å². The summed E-state index contributed by atoms with van der Waals surface area (Å²) in [4.78, 5) is 15.8. The summed E-state index contributed by atoms with van der Waals surface area (Å²) in [5, 5.41) is 7.32. The second kappa shape index (κ2) is 10.0.